The lowest BCUT2D eigenvalue weighted by Crippen LogP contribution is -2.39. The summed E-state index contributed by atoms with van der Waals surface area (Å²) in [4.78, 5) is 19.2. The molecule has 2 fully saturated rings. The zero-order valence-electron chi connectivity index (χ0n) is 14.2. The molecule has 24 heavy (non-hydrogen) atoms. The van der Waals surface area contributed by atoms with Gasteiger partial charge in [-0.15, -0.1) is 31.4 Å². The summed E-state index contributed by atoms with van der Waals surface area (Å²) in [5, 5.41) is 3.42. The van der Waals surface area contributed by atoms with Crippen molar-refractivity contribution in [1.82, 2.24) is 19.8 Å². The smallest absolute Gasteiger partial charge is 0.223 e. The van der Waals surface area contributed by atoms with Crippen LogP contribution < -0.4 is 5.32 Å². The number of nitrogens with one attached hydrogen (secondary N) is 1. The zero-order chi connectivity index (χ0) is 15.6. The fourth-order valence-corrected chi connectivity index (χ4v) is 3.67. The summed E-state index contributed by atoms with van der Waals surface area (Å²) in [5.41, 5.74) is 0.361. The molecule has 1 amide bonds. The van der Waals surface area contributed by atoms with Crippen LogP contribution in [-0.2, 0) is 18.4 Å². The van der Waals surface area contributed by atoms with E-state index in [0.717, 1.165) is 31.8 Å². The molecule has 3 rings (SSSR count). The first-order valence-corrected chi connectivity index (χ1v) is 8.23. The van der Waals surface area contributed by atoms with Crippen molar-refractivity contribution in [1.29, 1.82) is 0 Å². The van der Waals surface area contributed by atoms with Gasteiger partial charge in [-0.1, -0.05) is 6.08 Å². The number of hydrogen-bond acceptors (Lipinski definition) is 3. The maximum Gasteiger partial charge on any atom is 0.223 e. The Morgan fingerprint density at radius 1 is 1.50 bits per heavy atom. The molecule has 1 aliphatic heterocycles. The van der Waals surface area contributed by atoms with Crippen LogP contribution in [0.15, 0.2) is 25.0 Å². The molecule has 1 saturated heterocycles. The SMILES string of the molecule is C=CCCC(=O)N(Cc1nccn1C)C1CC12CCNCC2.Cl.Cl. The molecule has 136 valence electrons. The van der Waals surface area contributed by atoms with Crippen LogP contribution in [0.3, 0.4) is 0 Å². The van der Waals surface area contributed by atoms with Crippen molar-refractivity contribution in [3.63, 3.8) is 0 Å². The number of allylic oxidation sites excluding steroid dienone is 1. The van der Waals surface area contributed by atoms with E-state index in [1.165, 1.54) is 12.8 Å². The van der Waals surface area contributed by atoms with Gasteiger partial charge in [0.25, 0.3) is 0 Å². The van der Waals surface area contributed by atoms with E-state index >= 15 is 0 Å². The van der Waals surface area contributed by atoms with Crippen LogP contribution in [0.4, 0.5) is 0 Å². The van der Waals surface area contributed by atoms with Crippen LogP contribution in [0, 0.1) is 5.41 Å². The van der Waals surface area contributed by atoms with Gasteiger partial charge in [0, 0.05) is 31.9 Å². The van der Waals surface area contributed by atoms with Gasteiger partial charge in [0.15, 0.2) is 0 Å². The van der Waals surface area contributed by atoms with Gasteiger partial charge in [-0.05, 0) is 44.2 Å². The molecule has 1 aliphatic carbocycles. The van der Waals surface area contributed by atoms with E-state index in [0.29, 0.717) is 24.4 Å². The molecule has 2 aliphatic rings. The fourth-order valence-electron chi connectivity index (χ4n) is 3.67. The molecule has 1 N–H and O–H groups in total. The molecule has 1 aromatic heterocycles. The van der Waals surface area contributed by atoms with E-state index < -0.39 is 0 Å². The number of rotatable bonds is 6. The van der Waals surface area contributed by atoms with Crippen molar-refractivity contribution in [2.45, 2.75) is 44.7 Å². The van der Waals surface area contributed by atoms with E-state index in [2.05, 4.69) is 21.8 Å². The highest BCUT2D eigenvalue weighted by Gasteiger charge is 2.57. The standard InChI is InChI=1S/C17H26N4O.2ClH/c1-3-4-5-16(22)21(13-15-19-10-11-20(15)2)14-12-17(14)6-8-18-9-7-17;;/h3,10-11,14,18H,1,4-9,12-13H2,2H3;2*1H. The number of nitrogens with zero attached hydrogens (tertiary/aromatic N) is 3. The first kappa shape index (κ1) is 21.0. The van der Waals surface area contributed by atoms with Gasteiger partial charge < -0.3 is 14.8 Å². The number of halogens is 2. The molecule has 2 heterocycles. The highest BCUT2D eigenvalue weighted by molar-refractivity contribution is 5.85. The van der Waals surface area contributed by atoms with E-state index in [1.807, 2.05) is 23.9 Å². The largest absolute Gasteiger partial charge is 0.337 e. The van der Waals surface area contributed by atoms with Crippen LogP contribution in [-0.4, -0.2) is 39.5 Å². The summed E-state index contributed by atoms with van der Waals surface area (Å²) in [6, 6.07) is 0.392. The summed E-state index contributed by atoms with van der Waals surface area (Å²) in [5.74, 6) is 1.20. The van der Waals surface area contributed by atoms with E-state index in [-0.39, 0.29) is 30.7 Å². The molecule has 1 atom stereocenters. The number of carbonyl (C=O) groups excluding carboxylic acids is 1. The maximum atomic E-state index is 12.7. The van der Waals surface area contributed by atoms with Gasteiger partial charge in [-0.2, -0.15) is 0 Å². The van der Waals surface area contributed by atoms with Crippen LogP contribution in [0.5, 0.6) is 0 Å². The molecule has 1 aromatic rings. The minimum atomic E-state index is 0. The fraction of sp³-hybridized carbons (Fsp3) is 0.647. The molecule has 1 saturated carbocycles. The van der Waals surface area contributed by atoms with Crippen molar-refractivity contribution >= 4 is 30.7 Å². The predicted octanol–water partition coefficient (Wildman–Crippen LogP) is 2.70. The predicted molar refractivity (Wildman–Crippen MR) is 101 cm³/mol. The van der Waals surface area contributed by atoms with Gasteiger partial charge in [0.1, 0.15) is 5.82 Å². The number of hydrogen-bond donors (Lipinski definition) is 1. The number of aromatic nitrogens is 2. The second kappa shape index (κ2) is 8.88. The average Bonchev–Trinajstić information content (AvgIpc) is 3.03. The van der Waals surface area contributed by atoms with Gasteiger partial charge in [0.2, 0.25) is 5.91 Å². The van der Waals surface area contributed by atoms with E-state index in [1.54, 1.807) is 6.20 Å². The number of piperidine rings is 1. The molecule has 1 unspecified atom stereocenters. The molecule has 5 nitrogen and oxygen atoms in total. The summed E-state index contributed by atoms with van der Waals surface area (Å²) >= 11 is 0. The Balaban J connectivity index is 0.00000144. The number of aryl methyl sites for hydroxylation is 1. The van der Waals surface area contributed by atoms with Gasteiger partial charge >= 0.3 is 0 Å². The second-order valence-electron chi connectivity index (χ2n) is 6.64. The van der Waals surface area contributed by atoms with Crippen molar-refractivity contribution < 1.29 is 4.79 Å². The Morgan fingerprint density at radius 2 is 2.21 bits per heavy atom. The first-order chi connectivity index (χ1) is 10.7. The third-order valence-electron chi connectivity index (χ3n) is 5.24. The molecule has 0 radical (unpaired) electrons. The van der Waals surface area contributed by atoms with E-state index in [4.69, 9.17) is 0 Å². The normalized spacial score (nSPS) is 20.6. The van der Waals surface area contributed by atoms with Gasteiger partial charge in [0.05, 0.1) is 6.54 Å². The minimum absolute atomic E-state index is 0. The molecular weight excluding hydrogens is 347 g/mol. The lowest BCUT2D eigenvalue weighted by Gasteiger charge is -2.29. The topological polar surface area (TPSA) is 50.2 Å². The molecule has 7 heteroatoms. The van der Waals surface area contributed by atoms with Crippen LogP contribution >= 0.6 is 24.8 Å². The quantitative estimate of drug-likeness (QED) is 0.778. The Bertz CT molecular complexity index is 555. The molecule has 0 bridgehead atoms. The molecule has 1 spiro atoms. The Kier molecular flexibility index (Phi) is 7.77. The maximum absolute atomic E-state index is 12.7. The Morgan fingerprint density at radius 3 is 2.79 bits per heavy atom. The van der Waals surface area contributed by atoms with E-state index in [9.17, 15) is 4.79 Å². The zero-order valence-corrected chi connectivity index (χ0v) is 15.9. The average molecular weight is 375 g/mol. The van der Waals surface area contributed by atoms with Crippen LogP contribution in [0.1, 0.15) is 37.9 Å². The second-order valence-corrected chi connectivity index (χ2v) is 6.64. The van der Waals surface area contributed by atoms with Gasteiger partial charge in [-0.3, -0.25) is 4.79 Å². The van der Waals surface area contributed by atoms with Crippen molar-refractivity contribution in [3.8, 4) is 0 Å². The van der Waals surface area contributed by atoms with Crippen molar-refractivity contribution in [2.75, 3.05) is 13.1 Å². The Labute approximate surface area is 156 Å². The highest BCUT2D eigenvalue weighted by Crippen LogP contribution is 2.56. The highest BCUT2D eigenvalue weighted by atomic mass is 35.5. The number of imidazole rings is 1. The third kappa shape index (κ3) is 4.32. The minimum Gasteiger partial charge on any atom is -0.337 e. The van der Waals surface area contributed by atoms with Crippen molar-refractivity contribution in [3.05, 3.63) is 30.9 Å². The van der Waals surface area contributed by atoms with Crippen molar-refractivity contribution in [2.24, 2.45) is 12.5 Å². The first-order valence-electron chi connectivity index (χ1n) is 8.23. The summed E-state index contributed by atoms with van der Waals surface area (Å²) in [6.45, 7) is 6.51. The molecular formula is C17H28Cl2N4O. The summed E-state index contributed by atoms with van der Waals surface area (Å²) in [6.07, 6.45) is 10.4. The van der Waals surface area contributed by atoms with Gasteiger partial charge in [-0.25, -0.2) is 4.98 Å². The van der Waals surface area contributed by atoms with Crippen LogP contribution in [0.2, 0.25) is 0 Å². The van der Waals surface area contributed by atoms with Crippen LogP contribution in [0.25, 0.3) is 0 Å². The summed E-state index contributed by atoms with van der Waals surface area (Å²) in [7, 11) is 1.99. The molecule has 0 aromatic carbocycles. The Hall–Kier alpha value is -1.04. The third-order valence-corrected chi connectivity index (χ3v) is 5.24. The lowest BCUT2D eigenvalue weighted by molar-refractivity contribution is -0.133. The number of carbonyl (C=O) groups is 1. The number of amides is 1. The lowest BCUT2D eigenvalue weighted by atomic mass is 9.93. The summed E-state index contributed by atoms with van der Waals surface area (Å²) < 4.78 is 2.01. The monoisotopic (exact) mass is 374 g/mol.